The Kier molecular flexibility index (Phi) is 5.72. The number of likely N-dealkylation sites (tertiary alicyclic amines) is 1. The number of carbonyl (C=O) groups is 1. The Hall–Kier alpha value is -1.91. The van der Waals surface area contributed by atoms with Crippen molar-refractivity contribution in [2.45, 2.75) is 25.7 Å². The van der Waals surface area contributed by atoms with E-state index in [0.29, 0.717) is 18.0 Å². The molecule has 1 saturated heterocycles. The Morgan fingerprint density at radius 3 is 2.38 bits per heavy atom. The summed E-state index contributed by atoms with van der Waals surface area (Å²) in [6, 6.07) is 5.56. The zero-order valence-electron chi connectivity index (χ0n) is 12.9. The molecular formula is C16H24N2O3. The van der Waals surface area contributed by atoms with Gasteiger partial charge in [-0.1, -0.05) is 12.8 Å². The van der Waals surface area contributed by atoms with Crippen LogP contribution in [0.1, 0.15) is 25.7 Å². The molecule has 1 aromatic rings. The number of anilines is 1. The molecule has 1 heterocycles. The van der Waals surface area contributed by atoms with Gasteiger partial charge in [0.25, 0.3) is 0 Å². The van der Waals surface area contributed by atoms with E-state index in [9.17, 15) is 4.79 Å². The number of ether oxygens (including phenoxy) is 2. The minimum atomic E-state index is 0.159. The number of hydrogen-bond donors (Lipinski definition) is 1. The summed E-state index contributed by atoms with van der Waals surface area (Å²) in [5, 5.41) is 3.16. The summed E-state index contributed by atoms with van der Waals surface area (Å²) in [5.74, 6) is 1.50. The summed E-state index contributed by atoms with van der Waals surface area (Å²) in [7, 11) is 3.21. The maximum absolute atomic E-state index is 12.2. The van der Waals surface area contributed by atoms with Crippen LogP contribution in [0.5, 0.6) is 11.5 Å². The van der Waals surface area contributed by atoms with Crippen LogP contribution in [0.2, 0.25) is 0 Å². The van der Waals surface area contributed by atoms with Gasteiger partial charge in [0.15, 0.2) is 11.5 Å². The van der Waals surface area contributed by atoms with E-state index in [-0.39, 0.29) is 5.91 Å². The Labute approximate surface area is 126 Å². The van der Waals surface area contributed by atoms with Crippen molar-refractivity contribution in [2.24, 2.45) is 0 Å². The highest BCUT2D eigenvalue weighted by Gasteiger charge is 2.15. The summed E-state index contributed by atoms with van der Waals surface area (Å²) < 4.78 is 10.5. The zero-order chi connectivity index (χ0) is 15.1. The fraction of sp³-hybridized carbons (Fsp3) is 0.562. The molecule has 1 aromatic carbocycles. The van der Waals surface area contributed by atoms with Gasteiger partial charge in [-0.3, -0.25) is 4.79 Å². The van der Waals surface area contributed by atoms with Gasteiger partial charge in [0.05, 0.1) is 20.8 Å². The second-order valence-electron chi connectivity index (χ2n) is 5.22. The predicted octanol–water partition coefficient (Wildman–Crippen LogP) is 2.52. The van der Waals surface area contributed by atoms with E-state index >= 15 is 0 Å². The van der Waals surface area contributed by atoms with Crippen LogP contribution in [0.4, 0.5) is 5.69 Å². The summed E-state index contributed by atoms with van der Waals surface area (Å²) in [5.41, 5.74) is 0.857. The number of benzene rings is 1. The first-order valence-corrected chi connectivity index (χ1v) is 7.48. The molecule has 0 radical (unpaired) electrons. The SMILES string of the molecule is COc1ccc(NCC(=O)N2CCCCCC2)cc1OC. The minimum Gasteiger partial charge on any atom is -0.493 e. The molecule has 5 heteroatoms. The first-order valence-electron chi connectivity index (χ1n) is 7.48. The van der Waals surface area contributed by atoms with Gasteiger partial charge in [-0.15, -0.1) is 0 Å². The van der Waals surface area contributed by atoms with Crippen LogP contribution in [0.25, 0.3) is 0 Å². The van der Waals surface area contributed by atoms with E-state index in [1.165, 1.54) is 12.8 Å². The predicted molar refractivity (Wildman–Crippen MR) is 83.1 cm³/mol. The number of methoxy groups -OCH3 is 2. The highest BCUT2D eigenvalue weighted by Crippen LogP contribution is 2.29. The van der Waals surface area contributed by atoms with Crippen molar-refractivity contribution in [1.29, 1.82) is 0 Å². The molecular weight excluding hydrogens is 268 g/mol. The summed E-state index contributed by atoms with van der Waals surface area (Å²) >= 11 is 0. The lowest BCUT2D eigenvalue weighted by Crippen LogP contribution is -2.36. The summed E-state index contributed by atoms with van der Waals surface area (Å²) in [4.78, 5) is 14.2. The van der Waals surface area contributed by atoms with Crippen molar-refractivity contribution in [2.75, 3.05) is 39.2 Å². The maximum atomic E-state index is 12.2. The van der Waals surface area contributed by atoms with Gasteiger partial charge in [0, 0.05) is 24.8 Å². The van der Waals surface area contributed by atoms with Crippen molar-refractivity contribution < 1.29 is 14.3 Å². The fourth-order valence-corrected chi connectivity index (χ4v) is 2.56. The van der Waals surface area contributed by atoms with E-state index < -0.39 is 0 Å². The molecule has 1 amide bonds. The van der Waals surface area contributed by atoms with Crippen molar-refractivity contribution in [1.82, 2.24) is 4.90 Å². The lowest BCUT2D eigenvalue weighted by molar-refractivity contribution is -0.129. The largest absolute Gasteiger partial charge is 0.493 e. The molecule has 0 atom stereocenters. The molecule has 1 aliphatic rings. The molecule has 1 aliphatic heterocycles. The first kappa shape index (κ1) is 15.5. The van der Waals surface area contributed by atoms with Gasteiger partial charge >= 0.3 is 0 Å². The Morgan fingerprint density at radius 2 is 1.76 bits per heavy atom. The highest BCUT2D eigenvalue weighted by molar-refractivity contribution is 5.81. The van der Waals surface area contributed by atoms with Crippen LogP contribution in [-0.2, 0) is 4.79 Å². The second-order valence-corrected chi connectivity index (χ2v) is 5.22. The third-order valence-electron chi connectivity index (χ3n) is 3.79. The van der Waals surface area contributed by atoms with E-state index in [1.807, 2.05) is 23.1 Å². The third kappa shape index (κ3) is 4.28. The number of rotatable bonds is 5. The standard InChI is InChI=1S/C16H24N2O3/c1-20-14-8-7-13(11-15(14)21-2)17-12-16(19)18-9-5-3-4-6-10-18/h7-8,11,17H,3-6,9-10,12H2,1-2H3. The normalized spacial score (nSPS) is 15.2. The van der Waals surface area contributed by atoms with Crippen LogP contribution in [0.3, 0.4) is 0 Å². The Bertz CT molecular complexity index is 469. The zero-order valence-corrected chi connectivity index (χ0v) is 12.9. The maximum Gasteiger partial charge on any atom is 0.241 e. The molecule has 116 valence electrons. The smallest absolute Gasteiger partial charge is 0.241 e. The molecule has 0 aliphatic carbocycles. The molecule has 21 heavy (non-hydrogen) atoms. The Balaban J connectivity index is 1.91. The van der Waals surface area contributed by atoms with Crippen molar-refractivity contribution in [3.05, 3.63) is 18.2 Å². The molecule has 5 nitrogen and oxygen atoms in total. The van der Waals surface area contributed by atoms with Crippen LogP contribution in [-0.4, -0.2) is 44.7 Å². The monoisotopic (exact) mass is 292 g/mol. The van der Waals surface area contributed by atoms with Gasteiger partial charge in [0.2, 0.25) is 5.91 Å². The average Bonchev–Trinajstić information content (AvgIpc) is 2.81. The van der Waals surface area contributed by atoms with Gasteiger partial charge in [-0.25, -0.2) is 0 Å². The van der Waals surface area contributed by atoms with Crippen LogP contribution in [0, 0.1) is 0 Å². The quantitative estimate of drug-likeness (QED) is 0.906. The van der Waals surface area contributed by atoms with E-state index in [0.717, 1.165) is 31.6 Å². The number of amides is 1. The van der Waals surface area contributed by atoms with Crippen molar-refractivity contribution in [3.8, 4) is 11.5 Å². The van der Waals surface area contributed by atoms with Gasteiger partial charge in [-0.2, -0.15) is 0 Å². The summed E-state index contributed by atoms with van der Waals surface area (Å²) in [6.45, 7) is 2.08. The summed E-state index contributed by atoms with van der Waals surface area (Å²) in [6.07, 6.45) is 4.68. The van der Waals surface area contributed by atoms with Crippen LogP contribution < -0.4 is 14.8 Å². The number of carbonyl (C=O) groups excluding carboxylic acids is 1. The van der Waals surface area contributed by atoms with Crippen LogP contribution >= 0.6 is 0 Å². The fourth-order valence-electron chi connectivity index (χ4n) is 2.56. The number of nitrogens with zero attached hydrogens (tertiary/aromatic N) is 1. The highest BCUT2D eigenvalue weighted by atomic mass is 16.5. The van der Waals surface area contributed by atoms with Crippen molar-refractivity contribution >= 4 is 11.6 Å². The second kappa shape index (κ2) is 7.76. The number of nitrogens with one attached hydrogen (secondary N) is 1. The van der Waals surface area contributed by atoms with E-state index in [4.69, 9.17) is 9.47 Å². The lowest BCUT2D eigenvalue weighted by Gasteiger charge is -2.21. The molecule has 0 spiro atoms. The lowest BCUT2D eigenvalue weighted by atomic mass is 10.2. The third-order valence-corrected chi connectivity index (χ3v) is 3.79. The topological polar surface area (TPSA) is 50.8 Å². The molecule has 0 aromatic heterocycles. The molecule has 1 N–H and O–H groups in total. The average molecular weight is 292 g/mol. The molecule has 0 saturated carbocycles. The Morgan fingerprint density at radius 1 is 1.10 bits per heavy atom. The first-order chi connectivity index (χ1) is 10.2. The van der Waals surface area contributed by atoms with Gasteiger partial charge < -0.3 is 19.7 Å². The van der Waals surface area contributed by atoms with E-state index in [2.05, 4.69) is 5.32 Å². The van der Waals surface area contributed by atoms with Crippen molar-refractivity contribution in [3.63, 3.8) is 0 Å². The van der Waals surface area contributed by atoms with E-state index in [1.54, 1.807) is 14.2 Å². The van der Waals surface area contributed by atoms with Gasteiger partial charge in [0.1, 0.15) is 0 Å². The molecule has 1 fully saturated rings. The minimum absolute atomic E-state index is 0.159. The molecule has 0 bridgehead atoms. The van der Waals surface area contributed by atoms with Gasteiger partial charge in [-0.05, 0) is 25.0 Å². The molecule has 2 rings (SSSR count). The molecule has 0 unspecified atom stereocenters. The number of hydrogen-bond acceptors (Lipinski definition) is 4. The van der Waals surface area contributed by atoms with Crippen LogP contribution in [0.15, 0.2) is 18.2 Å².